The van der Waals surface area contributed by atoms with Crippen molar-refractivity contribution in [2.24, 2.45) is 0 Å². The maximum Gasteiger partial charge on any atom is 0.397 e. The summed E-state index contributed by atoms with van der Waals surface area (Å²) in [6, 6.07) is 0. The Balaban J connectivity index is 0.000000255. The van der Waals surface area contributed by atoms with Gasteiger partial charge in [0.2, 0.25) is 0 Å². The van der Waals surface area contributed by atoms with E-state index in [9.17, 15) is 8.42 Å². The van der Waals surface area contributed by atoms with Crippen LogP contribution in [0.3, 0.4) is 0 Å². The summed E-state index contributed by atoms with van der Waals surface area (Å²) >= 11 is 0. The normalized spacial score (nSPS) is 17.3. The maximum atomic E-state index is 9.33. The molecule has 0 aromatic heterocycles. The van der Waals surface area contributed by atoms with Crippen LogP contribution in [0.25, 0.3) is 0 Å². The van der Waals surface area contributed by atoms with Gasteiger partial charge in [-0.25, -0.2) is 0 Å². The van der Waals surface area contributed by atoms with Crippen LogP contribution < -0.4 is 5.32 Å². The van der Waals surface area contributed by atoms with E-state index in [1.807, 2.05) is 6.08 Å². The van der Waals surface area contributed by atoms with E-state index in [1.165, 1.54) is 6.54 Å². The summed E-state index contributed by atoms with van der Waals surface area (Å²) in [4.78, 5) is 2.31. The van der Waals surface area contributed by atoms with E-state index in [4.69, 9.17) is 4.55 Å². The standard InChI is InChI=1S/C6H12N2.CH4O4S/c1-2-4-8-5-3-7-6-8;1-5-6(2,3)4/h2,7H,1,3-6H2;1H3,(H,2,3,4). The van der Waals surface area contributed by atoms with Crippen LogP contribution in [0.1, 0.15) is 0 Å². The molecule has 0 aliphatic carbocycles. The molecule has 0 aromatic carbocycles. The fourth-order valence-corrected chi connectivity index (χ4v) is 0.892. The van der Waals surface area contributed by atoms with Crippen molar-refractivity contribution in [3.8, 4) is 0 Å². The van der Waals surface area contributed by atoms with Crippen LogP contribution in [0.2, 0.25) is 0 Å². The molecule has 1 rings (SSSR count). The molecule has 1 heterocycles. The maximum absolute atomic E-state index is 9.33. The fourth-order valence-electron chi connectivity index (χ4n) is 0.892. The third-order valence-corrected chi connectivity index (χ3v) is 1.96. The molecule has 0 amide bonds. The molecule has 1 aliphatic rings. The molecule has 0 radical (unpaired) electrons. The van der Waals surface area contributed by atoms with Crippen LogP contribution in [-0.4, -0.2) is 51.3 Å². The molecule has 0 saturated carbocycles. The van der Waals surface area contributed by atoms with Gasteiger partial charge in [0.25, 0.3) is 0 Å². The van der Waals surface area contributed by atoms with E-state index >= 15 is 0 Å². The number of nitrogens with zero attached hydrogens (tertiary/aromatic N) is 1. The van der Waals surface area contributed by atoms with Crippen molar-refractivity contribution in [1.29, 1.82) is 0 Å². The Kier molecular flexibility index (Phi) is 6.67. The van der Waals surface area contributed by atoms with Crippen molar-refractivity contribution < 1.29 is 17.2 Å². The van der Waals surface area contributed by atoms with Gasteiger partial charge in [0.15, 0.2) is 0 Å². The number of hydrogen-bond acceptors (Lipinski definition) is 5. The summed E-state index contributed by atoms with van der Waals surface area (Å²) in [7, 11) is -3.29. The lowest BCUT2D eigenvalue weighted by molar-refractivity contribution is 0.324. The van der Waals surface area contributed by atoms with Gasteiger partial charge in [0.1, 0.15) is 0 Å². The zero-order chi connectivity index (χ0) is 11.0. The smallest absolute Gasteiger partial charge is 0.303 e. The molecule has 1 fully saturated rings. The summed E-state index contributed by atoms with van der Waals surface area (Å²) < 4.78 is 29.7. The first-order chi connectivity index (χ1) is 6.49. The number of hydrogen-bond donors (Lipinski definition) is 2. The van der Waals surface area contributed by atoms with E-state index in [2.05, 4.69) is 21.0 Å². The minimum Gasteiger partial charge on any atom is -0.303 e. The largest absolute Gasteiger partial charge is 0.397 e. The molecule has 7 heteroatoms. The van der Waals surface area contributed by atoms with E-state index in [0.29, 0.717) is 0 Å². The third kappa shape index (κ3) is 8.14. The van der Waals surface area contributed by atoms with E-state index < -0.39 is 10.4 Å². The topological polar surface area (TPSA) is 78.9 Å². The predicted molar refractivity (Wildman–Crippen MR) is 53.2 cm³/mol. The van der Waals surface area contributed by atoms with Crippen LogP contribution in [-0.2, 0) is 14.6 Å². The van der Waals surface area contributed by atoms with Crippen molar-refractivity contribution >= 4 is 10.4 Å². The molecule has 1 saturated heterocycles. The monoisotopic (exact) mass is 224 g/mol. The number of nitrogens with one attached hydrogen (secondary N) is 1. The van der Waals surface area contributed by atoms with Gasteiger partial charge in [-0.05, 0) is 0 Å². The van der Waals surface area contributed by atoms with Gasteiger partial charge in [-0.1, -0.05) is 6.08 Å². The fraction of sp³-hybridized carbons (Fsp3) is 0.714. The first-order valence-corrected chi connectivity index (χ1v) is 5.43. The number of rotatable bonds is 3. The van der Waals surface area contributed by atoms with Crippen molar-refractivity contribution in [3.63, 3.8) is 0 Å². The lowest BCUT2D eigenvalue weighted by Gasteiger charge is -2.08. The highest BCUT2D eigenvalue weighted by Gasteiger charge is 2.06. The molecule has 14 heavy (non-hydrogen) atoms. The first kappa shape index (κ1) is 13.5. The molecule has 1 aliphatic heterocycles. The summed E-state index contributed by atoms with van der Waals surface area (Å²) in [5, 5.41) is 3.24. The zero-order valence-corrected chi connectivity index (χ0v) is 8.96. The van der Waals surface area contributed by atoms with Crippen molar-refractivity contribution in [1.82, 2.24) is 10.2 Å². The van der Waals surface area contributed by atoms with Crippen LogP contribution in [0, 0.1) is 0 Å². The Morgan fingerprint density at radius 1 is 1.71 bits per heavy atom. The summed E-state index contributed by atoms with van der Waals surface area (Å²) in [6.07, 6.45) is 1.94. The van der Waals surface area contributed by atoms with Gasteiger partial charge in [0, 0.05) is 26.3 Å². The Hall–Kier alpha value is -0.470. The molecule has 6 nitrogen and oxygen atoms in total. The Morgan fingerprint density at radius 3 is 2.57 bits per heavy atom. The Labute approximate surface area is 84.5 Å². The lowest BCUT2D eigenvalue weighted by Crippen LogP contribution is -2.21. The van der Waals surface area contributed by atoms with Gasteiger partial charge in [-0.2, -0.15) is 8.42 Å². The summed E-state index contributed by atoms with van der Waals surface area (Å²) in [5.74, 6) is 0. The molecule has 0 spiro atoms. The highest BCUT2D eigenvalue weighted by molar-refractivity contribution is 7.80. The SMILES string of the molecule is C=CCN1CCNC1.COS(=O)(=O)O. The summed E-state index contributed by atoms with van der Waals surface area (Å²) in [5.41, 5.74) is 0. The van der Waals surface area contributed by atoms with Gasteiger partial charge < -0.3 is 5.32 Å². The van der Waals surface area contributed by atoms with Crippen LogP contribution in [0.4, 0.5) is 0 Å². The Bertz CT molecular complexity index is 246. The molecule has 0 bridgehead atoms. The van der Waals surface area contributed by atoms with Gasteiger partial charge in [-0.15, -0.1) is 6.58 Å². The van der Waals surface area contributed by atoms with E-state index in [1.54, 1.807) is 0 Å². The molecule has 2 N–H and O–H groups in total. The highest BCUT2D eigenvalue weighted by atomic mass is 32.3. The predicted octanol–water partition coefficient (Wildman–Crippen LogP) is -0.529. The van der Waals surface area contributed by atoms with Crippen molar-refractivity contribution in [3.05, 3.63) is 12.7 Å². The molecular weight excluding hydrogens is 208 g/mol. The van der Waals surface area contributed by atoms with Gasteiger partial charge in [-0.3, -0.25) is 13.6 Å². The molecule has 0 atom stereocenters. The average Bonchev–Trinajstić information content (AvgIpc) is 2.58. The van der Waals surface area contributed by atoms with Crippen LogP contribution in [0.5, 0.6) is 0 Å². The van der Waals surface area contributed by atoms with Crippen LogP contribution in [0.15, 0.2) is 12.7 Å². The highest BCUT2D eigenvalue weighted by Crippen LogP contribution is 1.89. The average molecular weight is 224 g/mol. The summed E-state index contributed by atoms with van der Waals surface area (Å²) in [6.45, 7) is 8.01. The Morgan fingerprint density at radius 2 is 2.29 bits per heavy atom. The molecule has 0 unspecified atom stereocenters. The zero-order valence-electron chi connectivity index (χ0n) is 8.14. The second-order valence-electron chi connectivity index (χ2n) is 2.62. The second kappa shape index (κ2) is 6.91. The van der Waals surface area contributed by atoms with Crippen molar-refractivity contribution in [2.45, 2.75) is 0 Å². The first-order valence-electron chi connectivity index (χ1n) is 4.06. The lowest BCUT2D eigenvalue weighted by atomic mass is 10.5. The molecular formula is C7H16N2O4S. The van der Waals surface area contributed by atoms with Gasteiger partial charge in [0.05, 0.1) is 7.11 Å². The van der Waals surface area contributed by atoms with E-state index in [-0.39, 0.29) is 0 Å². The van der Waals surface area contributed by atoms with Gasteiger partial charge >= 0.3 is 10.4 Å². The van der Waals surface area contributed by atoms with Crippen LogP contribution >= 0.6 is 0 Å². The molecule has 0 aromatic rings. The van der Waals surface area contributed by atoms with E-state index in [0.717, 1.165) is 26.9 Å². The minimum absolute atomic E-state index is 0.870. The molecule has 84 valence electrons. The quantitative estimate of drug-likeness (QED) is 0.495. The minimum atomic E-state index is -4.16. The van der Waals surface area contributed by atoms with Crippen molar-refractivity contribution in [2.75, 3.05) is 33.4 Å². The second-order valence-corrected chi connectivity index (χ2v) is 3.81. The third-order valence-electron chi connectivity index (χ3n) is 1.54.